The van der Waals surface area contributed by atoms with Crippen molar-refractivity contribution in [2.24, 2.45) is 35.2 Å². The number of nitrogens with zero attached hydrogens (tertiary/aromatic N) is 13. The molecule has 0 bridgehead atoms. The molecule has 0 amide bonds. The number of aryl methyl sites for hydroxylation is 13. The summed E-state index contributed by atoms with van der Waals surface area (Å²) in [5.74, 6) is 6.94. The Bertz CT molecular complexity index is 7870. The van der Waals surface area contributed by atoms with Crippen LogP contribution in [0.15, 0.2) is 268 Å². The van der Waals surface area contributed by atoms with Gasteiger partial charge in [0.15, 0.2) is 5.69 Å². The first-order valence-electron chi connectivity index (χ1n) is 50.8. The van der Waals surface area contributed by atoms with Crippen molar-refractivity contribution in [1.82, 2.24) is 22.7 Å². The van der Waals surface area contributed by atoms with Crippen molar-refractivity contribution in [3.8, 4) is 40.0 Å². The van der Waals surface area contributed by atoms with Gasteiger partial charge in [0, 0.05) is 88.1 Å². The van der Waals surface area contributed by atoms with Crippen LogP contribution >= 0.6 is 0 Å². The smallest absolute Gasteiger partial charge is 0.372 e. The van der Waals surface area contributed by atoms with Gasteiger partial charge in [-0.25, -0.2) is 22.8 Å². The zero-order chi connectivity index (χ0) is 96.6. The standard InChI is InChI=1S/C29H33BN3.C26H27N2.C24H31BN3.C23H23N2.C20H23BN3/c1-20(2)24-15-11-16-25(21(3)4)28(24)30-32-19-18-31(6)29(32)27-22(5)12-10-17-26(27)33(30)23-13-8-7-9-14-23;1-17-8-5-9-18-19-10-6-11-20-23(19)28-21(16-27(2)24(28)22(17)18)26-13-4-3-12-25(20,26)14-7-15-26;1-16(2)19-11-9-12-20(17(3)4)23(19)25-27(7)21-13-8-10-18(5)22(21)24-26(6)14-15-28(24)25;1-14-12-13-24(5)22-19(14)23(3,4)18-11-7-10-17-16-9-6-8-15(2)20(16)25(22)21(17)18;1-14-8-7-11-17-18(14)20-22(4)12-13-24(20)21(23(17)5)19-15(2)9-6-10-16(19)3/h7-21H,1-6H3;5-6,8-11,16H,3-4,7,12-15H2,1-2H3;8-17H,1-7H3;6-13H,1-5H3;6-13H,1-5H3/q5*+1. The fourth-order valence-electron chi connectivity index (χ4n) is 27.0. The number of hydrogen-bond donors (Lipinski definition) is 0. The molecule has 694 valence electrons. The molecule has 13 nitrogen and oxygen atoms in total. The van der Waals surface area contributed by atoms with Gasteiger partial charge in [-0.1, -0.05) is 258 Å². The Morgan fingerprint density at radius 2 is 0.746 bits per heavy atom. The lowest BCUT2D eigenvalue weighted by Gasteiger charge is -2.50. The molecule has 0 N–H and O–H groups in total. The molecule has 11 aromatic carbocycles. The predicted molar refractivity (Wildman–Crippen MR) is 578 cm³/mol. The summed E-state index contributed by atoms with van der Waals surface area (Å²) in [5.41, 5.74) is 42.1. The Kier molecular flexibility index (Phi) is 22.8. The van der Waals surface area contributed by atoms with E-state index in [1.165, 1.54) is 251 Å². The Hall–Kier alpha value is -13.2. The first-order chi connectivity index (χ1) is 66.3. The molecule has 12 heterocycles. The number of para-hydroxylation sites is 4. The van der Waals surface area contributed by atoms with E-state index in [1.54, 1.807) is 11.3 Å². The monoisotopic (exact) mass is 1820 g/mol. The van der Waals surface area contributed by atoms with Crippen molar-refractivity contribution in [3.05, 3.63) is 357 Å². The minimum atomic E-state index is -0.0176. The maximum Gasteiger partial charge on any atom is 0.542 e. The van der Waals surface area contributed by atoms with Crippen LogP contribution in [0.3, 0.4) is 0 Å². The van der Waals surface area contributed by atoms with Crippen LogP contribution in [0.2, 0.25) is 0 Å². The number of fused-ring (bicyclic) bond motifs is 17. The molecule has 0 saturated heterocycles. The molecule has 18 aromatic rings. The van der Waals surface area contributed by atoms with Crippen molar-refractivity contribution >= 4 is 109 Å². The van der Waals surface area contributed by atoms with Gasteiger partial charge in [0.25, 0.3) is 28.9 Å². The molecule has 7 aliphatic rings. The lowest BCUT2D eigenvalue weighted by Crippen LogP contribution is -2.71. The molecule has 25 rings (SSSR count). The second-order valence-electron chi connectivity index (χ2n) is 43.1. The van der Waals surface area contributed by atoms with E-state index in [9.17, 15) is 0 Å². The number of imidazole rings is 4. The normalized spacial score (nSPS) is 16.5. The summed E-state index contributed by atoms with van der Waals surface area (Å²) in [4.78, 5) is 7.41. The number of benzene rings is 11. The quantitative estimate of drug-likeness (QED) is 0.0865. The van der Waals surface area contributed by atoms with E-state index >= 15 is 0 Å². The first-order valence-corrected chi connectivity index (χ1v) is 50.8. The molecular formula is C122H137B3N13+5. The lowest BCUT2D eigenvalue weighted by atomic mass is 9.52. The van der Waals surface area contributed by atoms with Crippen LogP contribution < -0.4 is 53.4 Å². The fraction of sp³-hybridized carbons (Fsp3) is 0.320. The molecule has 0 radical (unpaired) electrons. The fourth-order valence-corrected chi connectivity index (χ4v) is 27.0. The Morgan fingerprint density at radius 1 is 0.341 bits per heavy atom. The van der Waals surface area contributed by atoms with Gasteiger partial charge in [0.2, 0.25) is 0 Å². The number of rotatable bonds is 8. The van der Waals surface area contributed by atoms with Gasteiger partial charge in [-0.05, 0) is 234 Å². The van der Waals surface area contributed by atoms with Gasteiger partial charge in [0.05, 0.1) is 69.1 Å². The number of anilines is 4. The summed E-state index contributed by atoms with van der Waals surface area (Å²) in [6.07, 6.45) is 27.5. The summed E-state index contributed by atoms with van der Waals surface area (Å²) in [7, 11) is 15.3. The van der Waals surface area contributed by atoms with Crippen LogP contribution in [0, 0.1) is 55.4 Å². The van der Waals surface area contributed by atoms with Crippen molar-refractivity contribution in [1.29, 1.82) is 0 Å². The first kappa shape index (κ1) is 91.2. The van der Waals surface area contributed by atoms with Crippen LogP contribution in [-0.2, 0) is 51.5 Å². The number of aromatic nitrogens is 10. The van der Waals surface area contributed by atoms with E-state index < -0.39 is 0 Å². The average Bonchev–Trinajstić information content (AvgIpc) is 1.50. The summed E-state index contributed by atoms with van der Waals surface area (Å²) >= 11 is 0. The third-order valence-electron chi connectivity index (χ3n) is 33.2. The SMILES string of the molecule is Cc1cc[n+](C)c2c1C(C)(C)c1cccc3c4cccc(C)c4n-2c13.Cc1cccc(C)c1B1N(C)c2cccc(C)c2-c2n(C)cc[n+]21.Cc1cccc2c1-c1n(C)cc[n+]1B(c1c(C(C)C)cccc1C(C)C)N2C.Cc1cccc2c1-c1n(C)cc[n+]1B(c1c(C(C)C)cccc1C(C)C)N2c1ccccc1.Cc1cccc2c3cccc4c3n3c(c[n+](C)c3c12)C12CCCCC41CCC2. The Balaban J connectivity index is 0.000000103. The predicted octanol–water partition coefficient (Wildman–Crippen LogP) is 23.2. The number of hydrogen-bond acceptors (Lipinski definition) is 3. The highest BCUT2D eigenvalue weighted by molar-refractivity contribution is 6.73. The van der Waals surface area contributed by atoms with Gasteiger partial charge < -0.3 is 14.4 Å². The molecule has 2 unspecified atom stereocenters. The average molecular weight is 1820 g/mol. The molecule has 16 heteroatoms. The highest BCUT2D eigenvalue weighted by Gasteiger charge is 2.64. The lowest BCUT2D eigenvalue weighted by molar-refractivity contribution is -0.666. The number of pyridine rings is 2. The van der Waals surface area contributed by atoms with E-state index in [-0.39, 0.29) is 26.4 Å². The van der Waals surface area contributed by atoms with Gasteiger partial charge in [0.1, 0.15) is 59.9 Å². The van der Waals surface area contributed by atoms with Crippen molar-refractivity contribution in [2.45, 2.75) is 209 Å². The summed E-state index contributed by atoms with van der Waals surface area (Å²) in [6.45, 7) is 41.4. The topological polar surface area (TPSA) is 53.3 Å². The molecule has 0 spiro atoms. The van der Waals surface area contributed by atoms with Gasteiger partial charge in [-0.2, -0.15) is 8.97 Å². The molecule has 2 saturated carbocycles. The van der Waals surface area contributed by atoms with Crippen molar-refractivity contribution in [2.75, 3.05) is 28.5 Å². The summed E-state index contributed by atoms with van der Waals surface area (Å²) in [6, 6.07) is 80.8. The highest BCUT2D eigenvalue weighted by atomic mass is 15.3. The zero-order valence-corrected chi connectivity index (χ0v) is 86.2. The molecule has 7 aromatic heterocycles. The maximum atomic E-state index is 2.69. The van der Waals surface area contributed by atoms with Crippen LogP contribution in [0.1, 0.15) is 227 Å². The second-order valence-corrected chi connectivity index (χ2v) is 43.1. The molecule has 138 heavy (non-hydrogen) atoms. The molecule has 2 fully saturated rings. The van der Waals surface area contributed by atoms with Gasteiger partial charge >= 0.3 is 20.9 Å². The van der Waals surface area contributed by atoms with E-state index in [0.29, 0.717) is 34.5 Å². The van der Waals surface area contributed by atoms with Gasteiger partial charge in [-0.15, -0.1) is 0 Å². The summed E-state index contributed by atoms with van der Waals surface area (Å²) < 4.78 is 24.0. The minimum Gasteiger partial charge on any atom is -0.372 e. The van der Waals surface area contributed by atoms with Crippen molar-refractivity contribution in [3.63, 3.8) is 0 Å². The third kappa shape index (κ3) is 13.7. The highest BCUT2D eigenvalue weighted by Crippen LogP contribution is 2.66. The van der Waals surface area contributed by atoms with Crippen LogP contribution in [0.25, 0.3) is 89.1 Å². The van der Waals surface area contributed by atoms with E-state index in [0.717, 1.165) is 0 Å². The molecular weight excluding hydrogens is 1680 g/mol. The van der Waals surface area contributed by atoms with E-state index in [1.807, 2.05) is 0 Å². The van der Waals surface area contributed by atoms with Crippen LogP contribution in [0.5, 0.6) is 0 Å². The Morgan fingerprint density at radius 3 is 1.28 bits per heavy atom. The third-order valence-corrected chi connectivity index (χ3v) is 33.2. The molecule has 5 aliphatic heterocycles. The molecule has 2 atom stereocenters. The minimum absolute atomic E-state index is 0.0176. The second kappa shape index (κ2) is 34.4. The maximum absolute atomic E-state index is 2.69. The van der Waals surface area contributed by atoms with Gasteiger partial charge in [-0.3, -0.25) is 13.4 Å². The molecule has 2 aliphatic carbocycles. The van der Waals surface area contributed by atoms with E-state index in [2.05, 4.69) is 502 Å². The Labute approximate surface area is 819 Å². The van der Waals surface area contributed by atoms with E-state index in [4.69, 9.17) is 0 Å². The van der Waals surface area contributed by atoms with Crippen LogP contribution in [0.4, 0.5) is 22.7 Å². The van der Waals surface area contributed by atoms with Crippen molar-refractivity contribution < 1.29 is 22.6 Å². The van der Waals surface area contributed by atoms with Crippen LogP contribution in [-0.4, -0.2) is 57.7 Å². The zero-order valence-electron chi connectivity index (χ0n) is 86.2. The largest absolute Gasteiger partial charge is 0.542 e. The summed E-state index contributed by atoms with van der Waals surface area (Å²) in [5, 5.41) is 7.00.